The topological polar surface area (TPSA) is 42.4 Å². The predicted molar refractivity (Wildman–Crippen MR) is 61.4 cm³/mol. The standard InChI is InChI=1S/C12H16N2O2/c1-8(2)10-7-16-12(15)14(10)11-6-9(3)4-5-13-11/h4-6,8,10H,7H2,1-3H3. The second kappa shape index (κ2) is 4.12. The lowest BCUT2D eigenvalue weighted by Crippen LogP contribution is -2.37. The average molecular weight is 220 g/mol. The molecule has 4 nitrogen and oxygen atoms in total. The largest absolute Gasteiger partial charge is 0.447 e. The van der Waals surface area contributed by atoms with Gasteiger partial charge in [-0.05, 0) is 30.5 Å². The highest BCUT2D eigenvalue weighted by atomic mass is 16.6. The van der Waals surface area contributed by atoms with Crippen molar-refractivity contribution in [3.05, 3.63) is 23.9 Å². The molecule has 0 N–H and O–H groups in total. The first-order chi connectivity index (χ1) is 7.59. The van der Waals surface area contributed by atoms with Gasteiger partial charge in [-0.3, -0.25) is 4.90 Å². The van der Waals surface area contributed by atoms with Crippen LogP contribution in [0.1, 0.15) is 19.4 Å². The number of carbonyl (C=O) groups is 1. The van der Waals surface area contributed by atoms with Crippen LogP contribution in [0.15, 0.2) is 18.3 Å². The maximum absolute atomic E-state index is 11.7. The van der Waals surface area contributed by atoms with E-state index in [-0.39, 0.29) is 12.1 Å². The predicted octanol–water partition coefficient (Wildman–Crippen LogP) is 2.37. The number of nitrogens with zero attached hydrogens (tertiary/aromatic N) is 2. The monoisotopic (exact) mass is 220 g/mol. The molecule has 1 saturated heterocycles. The van der Waals surface area contributed by atoms with Crippen LogP contribution in [-0.4, -0.2) is 23.7 Å². The molecular formula is C12H16N2O2. The fourth-order valence-electron chi connectivity index (χ4n) is 1.84. The summed E-state index contributed by atoms with van der Waals surface area (Å²) in [5, 5.41) is 0. The van der Waals surface area contributed by atoms with E-state index in [9.17, 15) is 4.79 Å². The molecule has 0 radical (unpaired) electrons. The molecule has 16 heavy (non-hydrogen) atoms. The fourth-order valence-corrected chi connectivity index (χ4v) is 1.84. The summed E-state index contributed by atoms with van der Waals surface area (Å²) in [5.41, 5.74) is 1.09. The Morgan fingerprint density at radius 2 is 2.31 bits per heavy atom. The molecule has 86 valence electrons. The Balaban J connectivity index is 2.33. The maximum Gasteiger partial charge on any atom is 0.415 e. The lowest BCUT2D eigenvalue weighted by Gasteiger charge is -2.23. The van der Waals surface area contributed by atoms with Gasteiger partial charge in [0.05, 0.1) is 6.04 Å². The first-order valence-electron chi connectivity index (χ1n) is 5.48. The van der Waals surface area contributed by atoms with Crippen molar-refractivity contribution in [3.8, 4) is 0 Å². The second-order valence-electron chi connectivity index (χ2n) is 4.45. The van der Waals surface area contributed by atoms with E-state index in [1.807, 2.05) is 19.1 Å². The Hall–Kier alpha value is -1.58. The highest BCUT2D eigenvalue weighted by molar-refractivity contribution is 5.89. The summed E-state index contributed by atoms with van der Waals surface area (Å²) >= 11 is 0. The molecule has 1 aromatic rings. The van der Waals surface area contributed by atoms with Crippen molar-refractivity contribution in [3.63, 3.8) is 0 Å². The molecule has 2 rings (SSSR count). The van der Waals surface area contributed by atoms with E-state index in [1.54, 1.807) is 11.1 Å². The van der Waals surface area contributed by atoms with Crippen molar-refractivity contribution in [1.29, 1.82) is 0 Å². The number of hydrogen-bond acceptors (Lipinski definition) is 3. The summed E-state index contributed by atoms with van der Waals surface area (Å²) in [4.78, 5) is 17.5. The highest BCUT2D eigenvalue weighted by Gasteiger charge is 2.36. The fraction of sp³-hybridized carbons (Fsp3) is 0.500. The van der Waals surface area contributed by atoms with Crippen LogP contribution < -0.4 is 4.90 Å². The van der Waals surface area contributed by atoms with E-state index < -0.39 is 0 Å². The van der Waals surface area contributed by atoms with Gasteiger partial charge in [-0.1, -0.05) is 13.8 Å². The molecule has 0 saturated carbocycles. The zero-order chi connectivity index (χ0) is 11.7. The summed E-state index contributed by atoms with van der Waals surface area (Å²) in [6.45, 7) is 6.59. The molecule has 2 heterocycles. The number of carbonyl (C=O) groups excluding carboxylic acids is 1. The molecule has 1 aliphatic heterocycles. The van der Waals surface area contributed by atoms with Crippen LogP contribution in [-0.2, 0) is 4.74 Å². The zero-order valence-electron chi connectivity index (χ0n) is 9.80. The third-order valence-electron chi connectivity index (χ3n) is 2.82. The third-order valence-corrected chi connectivity index (χ3v) is 2.82. The molecule has 1 aliphatic rings. The van der Waals surface area contributed by atoms with Crippen LogP contribution in [0.25, 0.3) is 0 Å². The Labute approximate surface area is 95.2 Å². The van der Waals surface area contributed by atoms with E-state index in [2.05, 4.69) is 18.8 Å². The van der Waals surface area contributed by atoms with E-state index in [4.69, 9.17) is 4.74 Å². The number of aromatic nitrogens is 1. The van der Waals surface area contributed by atoms with Crippen LogP contribution in [0.2, 0.25) is 0 Å². The van der Waals surface area contributed by atoms with Crippen LogP contribution in [0, 0.1) is 12.8 Å². The molecule has 1 atom stereocenters. The number of anilines is 1. The summed E-state index contributed by atoms with van der Waals surface area (Å²) in [5.74, 6) is 1.04. The maximum atomic E-state index is 11.7. The minimum absolute atomic E-state index is 0.0850. The third kappa shape index (κ3) is 1.87. The second-order valence-corrected chi connectivity index (χ2v) is 4.45. The Morgan fingerprint density at radius 3 is 2.94 bits per heavy atom. The van der Waals surface area contributed by atoms with Crippen LogP contribution in [0.5, 0.6) is 0 Å². The van der Waals surface area contributed by atoms with Gasteiger partial charge in [-0.2, -0.15) is 0 Å². The first kappa shape index (κ1) is 10.9. The van der Waals surface area contributed by atoms with Crippen molar-refractivity contribution in [2.45, 2.75) is 26.8 Å². The van der Waals surface area contributed by atoms with Crippen LogP contribution in [0.4, 0.5) is 10.6 Å². The number of ether oxygens (including phenoxy) is 1. The molecule has 1 aromatic heterocycles. The van der Waals surface area contributed by atoms with Crippen molar-refractivity contribution >= 4 is 11.9 Å². The summed E-state index contributed by atoms with van der Waals surface area (Å²) in [6, 6.07) is 3.90. The molecule has 1 unspecified atom stereocenters. The van der Waals surface area contributed by atoms with Gasteiger partial charge in [0.2, 0.25) is 0 Å². The minimum Gasteiger partial charge on any atom is -0.447 e. The zero-order valence-corrected chi connectivity index (χ0v) is 9.80. The van der Waals surface area contributed by atoms with E-state index in [0.29, 0.717) is 18.3 Å². The molecule has 0 aliphatic carbocycles. The summed E-state index contributed by atoms with van der Waals surface area (Å²) in [7, 11) is 0. The number of pyridine rings is 1. The van der Waals surface area contributed by atoms with Crippen LogP contribution >= 0.6 is 0 Å². The number of rotatable bonds is 2. The van der Waals surface area contributed by atoms with Crippen molar-refractivity contribution in [1.82, 2.24) is 4.98 Å². The van der Waals surface area contributed by atoms with Crippen molar-refractivity contribution in [2.75, 3.05) is 11.5 Å². The summed E-state index contributed by atoms with van der Waals surface area (Å²) in [6.07, 6.45) is 1.42. The molecule has 1 fully saturated rings. The average Bonchev–Trinajstić information content (AvgIpc) is 2.60. The van der Waals surface area contributed by atoms with Gasteiger partial charge < -0.3 is 4.74 Å². The number of amides is 1. The molecule has 0 spiro atoms. The number of cyclic esters (lactones) is 1. The molecular weight excluding hydrogens is 204 g/mol. The first-order valence-corrected chi connectivity index (χ1v) is 5.48. The van der Waals surface area contributed by atoms with Gasteiger partial charge in [-0.15, -0.1) is 0 Å². The van der Waals surface area contributed by atoms with Crippen molar-refractivity contribution in [2.24, 2.45) is 5.92 Å². The lowest BCUT2D eigenvalue weighted by atomic mass is 10.0. The number of aryl methyl sites for hydroxylation is 1. The Morgan fingerprint density at radius 1 is 1.56 bits per heavy atom. The molecule has 4 heteroatoms. The van der Waals surface area contributed by atoms with E-state index >= 15 is 0 Å². The van der Waals surface area contributed by atoms with E-state index in [1.165, 1.54) is 0 Å². The Kier molecular flexibility index (Phi) is 2.81. The van der Waals surface area contributed by atoms with Gasteiger partial charge >= 0.3 is 6.09 Å². The Bertz CT molecular complexity index is 404. The minimum atomic E-state index is -0.295. The number of hydrogen-bond donors (Lipinski definition) is 0. The molecule has 1 amide bonds. The summed E-state index contributed by atoms with van der Waals surface area (Å²) < 4.78 is 5.08. The van der Waals surface area contributed by atoms with Gasteiger partial charge in [0.25, 0.3) is 0 Å². The normalized spacial score (nSPS) is 20.4. The molecule has 0 bridgehead atoms. The lowest BCUT2D eigenvalue weighted by molar-refractivity contribution is 0.177. The van der Waals surface area contributed by atoms with Gasteiger partial charge in [-0.25, -0.2) is 9.78 Å². The molecule has 0 aromatic carbocycles. The van der Waals surface area contributed by atoms with Crippen LogP contribution in [0.3, 0.4) is 0 Å². The van der Waals surface area contributed by atoms with Gasteiger partial charge in [0.1, 0.15) is 12.4 Å². The van der Waals surface area contributed by atoms with Crippen molar-refractivity contribution < 1.29 is 9.53 Å². The quantitative estimate of drug-likeness (QED) is 0.768. The van der Waals surface area contributed by atoms with Gasteiger partial charge in [0, 0.05) is 6.20 Å². The van der Waals surface area contributed by atoms with E-state index in [0.717, 1.165) is 5.56 Å². The highest BCUT2D eigenvalue weighted by Crippen LogP contribution is 2.25. The SMILES string of the molecule is Cc1ccnc(N2C(=O)OCC2C(C)C)c1. The van der Waals surface area contributed by atoms with Gasteiger partial charge in [0.15, 0.2) is 0 Å². The smallest absolute Gasteiger partial charge is 0.415 e.